The number of hydrogen-bond acceptors (Lipinski definition) is 4. The molecule has 0 aromatic carbocycles. The van der Waals surface area contributed by atoms with Crippen LogP contribution < -0.4 is 5.73 Å². The van der Waals surface area contributed by atoms with Gasteiger partial charge in [0.2, 0.25) is 5.91 Å². The summed E-state index contributed by atoms with van der Waals surface area (Å²) in [5, 5.41) is 0. The molecule has 0 spiro atoms. The summed E-state index contributed by atoms with van der Waals surface area (Å²) in [6, 6.07) is 0. The van der Waals surface area contributed by atoms with Gasteiger partial charge in [0.15, 0.2) is 9.84 Å². The van der Waals surface area contributed by atoms with E-state index in [-0.39, 0.29) is 10.8 Å². The first-order chi connectivity index (χ1) is 10.1. The smallest absolute Gasteiger partial charge is 0.219 e. The Morgan fingerprint density at radius 2 is 1.82 bits per heavy atom. The number of likely N-dealkylation sites (tertiary alicyclic amines) is 1. The van der Waals surface area contributed by atoms with Gasteiger partial charge in [0.05, 0.1) is 0 Å². The monoisotopic (exact) mass is 327 g/mol. The summed E-state index contributed by atoms with van der Waals surface area (Å²) >= 11 is 0. The lowest BCUT2D eigenvalue weighted by Crippen LogP contribution is -2.38. The third-order valence-electron chi connectivity index (χ3n) is 4.68. The van der Waals surface area contributed by atoms with Gasteiger partial charge in [-0.05, 0) is 38.2 Å². The predicted molar refractivity (Wildman–Crippen MR) is 86.4 cm³/mol. The van der Waals surface area contributed by atoms with Gasteiger partial charge in [-0.25, -0.2) is 8.42 Å². The molecule has 1 fully saturated rings. The van der Waals surface area contributed by atoms with E-state index in [0.29, 0.717) is 18.3 Å². The van der Waals surface area contributed by atoms with Crippen molar-refractivity contribution in [1.82, 2.24) is 9.47 Å². The molecule has 1 saturated heterocycles. The van der Waals surface area contributed by atoms with Gasteiger partial charge in [-0.3, -0.25) is 4.79 Å². The van der Waals surface area contributed by atoms with Crippen LogP contribution in [0.25, 0.3) is 0 Å². The zero-order chi connectivity index (χ0) is 16.7. The first-order valence-corrected chi connectivity index (χ1v) is 9.42. The average Bonchev–Trinajstić information content (AvgIpc) is 2.62. The van der Waals surface area contributed by atoms with E-state index < -0.39 is 9.84 Å². The molecule has 1 aliphatic heterocycles. The highest BCUT2D eigenvalue weighted by molar-refractivity contribution is 7.91. The van der Waals surface area contributed by atoms with E-state index in [1.807, 2.05) is 16.4 Å². The molecule has 0 saturated carbocycles. The van der Waals surface area contributed by atoms with Crippen molar-refractivity contribution >= 4 is 21.6 Å². The standard InChI is InChI=1S/C15H25N3O3S/c1-10-11(2)18(15(16)14(10)22(4,20)21)9-13-5-7-17(8-6-13)12(3)19/h13H,5-9,16H2,1-4H3. The number of aromatic nitrogens is 1. The molecule has 2 rings (SSSR count). The van der Waals surface area contributed by atoms with E-state index in [9.17, 15) is 13.2 Å². The summed E-state index contributed by atoms with van der Waals surface area (Å²) in [6.45, 7) is 7.54. The number of carbonyl (C=O) groups excluding carboxylic acids is 1. The number of nitrogen functional groups attached to an aromatic ring is 1. The summed E-state index contributed by atoms with van der Waals surface area (Å²) in [5.74, 6) is 0.868. The Kier molecular flexibility index (Phi) is 4.56. The van der Waals surface area contributed by atoms with Gasteiger partial charge >= 0.3 is 0 Å². The van der Waals surface area contributed by atoms with Crippen LogP contribution in [-0.4, -0.2) is 43.1 Å². The molecule has 2 heterocycles. The Hall–Kier alpha value is -1.50. The second-order valence-electron chi connectivity index (χ2n) is 6.26. The zero-order valence-electron chi connectivity index (χ0n) is 13.7. The van der Waals surface area contributed by atoms with Crippen molar-refractivity contribution in [2.45, 2.75) is 45.1 Å². The van der Waals surface area contributed by atoms with Crippen LogP contribution in [0.3, 0.4) is 0 Å². The van der Waals surface area contributed by atoms with Crippen molar-refractivity contribution in [2.75, 3.05) is 25.1 Å². The molecule has 1 aromatic rings. The van der Waals surface area contributed by atoms with Crippen LogP contribution in [0.4, 0.5) is 5.82 Å². The van der Waals surface area contributed by atoms with E-state index in [4.69, 9.17) is 5.73 Å². The highest BCUT2D eigenvalue weighted by atomic mass is 32.2. The quantitative estimate of drug-likeness (QED) is 0.908. The first-order valence-electron chi connectivity index (χ1n) is 7.53. The van der Waals surface area contributed by atoms with E-state index in [0.717, 1.165) is 37.2 Å². The summed E-state index contributed by atoms with van der Waals surface area (Å²) in [7, 11) is -3.33. The molecule has 2 N–H and O–H groups in total. The van der Waals surface area contributed by atoms with Crippen molar-refractivity contribution < 1.29 is 13.2 Å². The summed E-state index contributed by atoms with van der Waals surface area (Å²) in [6.07, 6.45) is 3.04. The highest BCUT2D eigenvalue weighted by Gasteiger charge is 2.26. The second-order valence-corrected chi connectivity index (χ2v) is 8.21. The van der Waals surface area contributed by atoms with Crippen molar-refractivity contribution in [2.24, 2.45) is 5.92 Å². The van der Waals surface area contributed by atoms with Crippen molar-refractivity contribution in [3.05, 3.63) is 11.3 Å². The molecule has 0 radical (unpaired) electrons. The predicted octanol–water partition coefficient (Wildman–Crippen LogP) is 1.35. The summed E-state index contributed by atoms with van der Waals surface area (Å²) in [5.41, 5.74) is 7.75. The SMILES string of the molecule is CC(=O)N1CCC(Cn2c(C)c(C)c(S(C)(=O)=O)c2N)CC1. The Bertz CT molecular complexity index is 683. The van der Waals surface area contributed by atoms with Crippen molar-refractivity contribution in [3.8, 4) is 0 Å². The molecular formula is C15H25N3O3S. The Labute approximate surface area is 132 Å². The maximum absolute atomic E-state index is 11.9. The van der Waals surface area contributed by atoms with Gasteiger partial charge in [-0.2, -0.15) is 0 Å². The summed E-state index contributed by atoms with van der Waals surface area (Å²) in [4.78, 5) is 13.5. The first kappa shape index (κ1) is 16.9. The molecule has 1 amide bonds. The number of anilines is 1. The molecule has 0 unspecified atom stereocenters. The van der Waals surface area contributed by atoms with Crippen molar-refractivity contribution in [1.29, 1.82) is 0 Å². The number of hydrogen-bond donors (Lipinski definition) is 1. The molecule has 124 valence electrons. The fraction of sp³-hybridized carbons (Fsp3) is 0.667. The fourth-order valence-corrected chi connectivity index (χ4v) is 4.45. The number of nitrogens with two attached hydrogens (primary N) is 1. The molecule has 0 aliphatic carbocycles. The van der Waals surface area contributed by atoms with Crippen LogP contribution >= 0.6 is 0 Å². The minimum Gasteiger partial charge on any atom is -0.384 e. The van der Waals surface area contributed by atoms with Crippen LogP contribution in [0.2, 0.25) is 0 Å². The molecule has 7 heteroatoms. The Morgan fingerprint density at radius 1 is 1.27 bits per heavy atom. The number of piperidine rings is 1. The lowest BCUT2D eigenvalue weighted by molar-refractivity contribution is -0.130. The molecule has 0 atom stereocenters. The average molecular weight is 327 g/mol. The fourth-order valence-electron chi connectivity index (χ4n) is 3.25. The third-order valence-corrected chi connectivity index (χ3v) is 5.94. The minimum atomic E-state index is -3.33. The van der Waals surface area contributed by atoms with Crippen LogP contribution in [0, 0.1) is 19.8 Å². The van der Waals surface area contributed by atoms with Crippen LogP contribution in [0.15, 0.2) is 4.90 Å². The van der Waals surface area contributed by atoms with E-state index in [1.165, 1.54) is 6.26 Å². The maximum atomic E-state index is 11.9. The van der Waals surface area contributed by atoms with Crippen LogP contribution in [-0.2, 0) is 21.2 Å². The number of carbonyl (C=O) groups is 1. The number of nitrogens with zero attached hydrogens (tertiary/aromatic N) is 2. The molecule has 6 nitrogen and oxygen atoms in total. The minimum absolute atomic E-state index is 0.116. The molecule has 0 bridgehead atoms. The van der Waals surface area contributed by atoms with Crippen LogP contribution in [0.1, 0.15) is 31.0 Å². The van der Waals surface area contributed by atoms with Crippen molar-refractivity contribution in [3.63, 3.8) is 0 Å². The largest absolute Gasteiger partial charge is 0.384 e. The third kappa shape index (κ3) is 3.14. The van der Waals surface area contributed by atoms with E-state index in [2.05, 4.69) is 0 Å². The van der Waals surface area contributed by atoms with E-state index in [1.54, 1.807) is 13.8 Å². The van der Waals surface area contributed by atoms with Gasteiger partial charge in [-0.1, -0.05) is 0 Å². The van der Waals surface area contributed by atoms with Gasteiger partial charge in [0.25, 0.3) is 0 Å². The normalized spacial score (nSPS) is 17.0. The van der Waals surface area contributed by atoms with Gasteiger partial charge in [0, 0.05) is 38.5 Å². The lowest BCUT2D eigenvalue weighted by Gasteiger charge is -2.32. The number of sulfone groups is 1. The zero-order valence-corrected chi connectivity index (χ0v) is 14.5. The van der Waals surface area contributed by atoms with Gasteiger partial charge in [0.1, 0.15) is 10.7 Å². The topological polar surface area (TPSA) is 85.4 Å². The Morgan fingerprint density at radius 3 is 2.23 bits per heavy atom. The molecule has 1 aromatic heterocycles. The molecule has 22 heavy (non-hydrogen) atoms. The van der Waals surface area contributed by atoms with E-state index >= 15 is 0 Å². The summed E-state index contributed by atoms with van der Waals surface area (Å²) < 4.78 is 25.7. The molecular weight excluding hydrogens is 302 g/mol. The Balaban J connectivity index is 2.20. The molecule has 1 aliphatic rings. The number of rotatable bonds is 3. The maximum Gasteiger partial charge on any atom is 0.219 e. The second kappa shape index (κ2) is 5.95. The number of amides is 1. The van der Waals surface area contributed by atoms with Crippen LogP contribution in [0.5, 0.6) is 0 Å². The lowest BCUT2D eigenvalue weighted by atomic mass is 9.96. The highest BCUT2D eigenvalue weighted by Crippen LogP contribution is 2.31. The van der Waals surface area contributed by atoms with Gasteiger partial charge < -0.3 is 15.2 Å². The van der Waals surface area contributed by atoms with Gasteiger partial charge in [-0.15, -0.1) is 0 Å².